The van der Waals surface area contributed by atoms with Gasteiger partial charge in [0.05, 0.1) is 0 Å². The molecule has 0 aliphatic carbocycles. The average Bonchev–Trinajstić information content (AvgIpc) is 2.48. The van der Waals surface area contributed by atoms with Crippen molar-refractivity contribution in [1.82, 2.24) is 4.90 Å². The first-order valence-corrected chi connectivity index (χ1v) is 4.50. The van der Waals surface area contributed by atoms with Gasteiger partial charge in [0.2, 0.25) is 5.91 Å². The Morgan fingerprint density at radius 2 is 2.46 bits per heavy atom. The summed E-state index contributed by atoms with van der Waals surface area (Å²) in [5, 5.41) is 0. The van der Waals surface area contributed by atoms with Crippen LogP contribution in [0.2, 0.25) is 0 Å². The Hall–Kier alpha value is -1.12. The predicted octanol–water partition coefficient (Wildman–Crippen LogP) is 2.39. The van der Waals surface area contributed by atoms with Crippen molar-refractivity contribution in [2.75, 3.05) is 6.54 Å². The number of hydrogen-bond acceptors (Lipinski definition) is 1. The number of carbonyl (C=O) groups excluding carboxylic acids is 1. The van der Waals surface area contributed by atoms with E-state index >= 15 is 0 Å². The zero-order valence-corrected chi connectivity index (χ0v) is 7.63. The fourth-order valence-corrected chi connectivity index (χ4v) is 1.28. The molecule has 1 amide bonds. The molecule has 0 unspecified atom stereocenters. The Morgan fingerprint density at radius 3 is 3.00 bits per heavy atom. The van der Waals surface area contributed by atoms with Crippen LogP contribution < -0.4 is 0 Å². The molecule has 0 aromatic carbocycles. The van der Waals surface area contributed by atoms with Crippen LogP contribution in [0, 0.1) is 0 Å². The van der Waals surface area contributed by atoms with Gasteiger partial charge in [-0.25, -0.2) is 4.39 Å². The number of halogens is 1. The second-order valence-electron chi connectivity index (χ2n) is 3.09. The molecule has 3 heteroatoms. The summed E-state index contributed by atoms with van der Waals surface area (Å²) in [6, 6.07) is 0. The van der Waals surface area contributed by atoms with Crippen LogP contribution in [0.5, 0.6) is 0 Å². The first-order valence-electron chi connectivity index (χ1n) is 4.50. The molecule has 1 aliphatic heterocycles. The Bertz CT molecular complexity index is 235. The fraction of sp³-hybridized carbons (Fsp3) is 0.500. The molecule has 13 heavy (non-hydrogen) atoms. The number of likely N-dealkylation sites (tertiary alicyclic amines) is 1. The molecule has 0 aromatic heterocycles. The Kier molecular flexibility index (Phi) is 3.68. The number of rotatable bonds is 4. The first kappa shape index (κ1) is 9.96. The topological polar surface area (TPSA) is 20.3 Å². The molecule has 1 fully saturated rings. The van der Waals surface area contributed by atoms with Gasteiger partial charge in [0.15, 0.2) is 0 Å². The van der Waals surface area contributed by atoms with Crippen molar-refractivity contribution in [1.29, 1.82) is 0 Å². The van der Waals surface area contributed by atoms with E-state index in [0.29, 0.717) is 25.8 Å². The second-order valence-corrected chi connectivity index (χ2v) is 3.09. The van der Waals surface area contributed by atoms with Gasteiger partial charge in [-0.3, -0.25) is 4.79 Å². The molecule has 0 spiro atoms. The van der Waals surface area contributed by atoms with Crippen LogP contribution in [-0.2, 0) is 4.79 Å². The molecule has 0 saturated carbocycles. The van der Waals surface area contributed by atoms with E-state index in [4.69, 9.17) is 0 Å². The lowest BCUT2D eigenvalue weighted by molar-refractivity contribution is -0.125. The standard InChI is InChI=1S/C10H14FNO/c1-2-3-5-9(11)8-12-7-4-6-10(12)13/h2,8H,1,3-7H2/b9-8-. The van der Waals surface area contributed by atoms with E-state index in [-0.39, 0.29) is 11.7 Å². The third-order valence-electron chi connectivity index (χ3n) is 1.99. The Balaban J connectivity index is 2.43. The molecule has 0 atom stereocenters. The molecule has 0 radical (unpaired) electrons. The molecule has 1 rings (SSSR count). The maximum absolute atomic E-state index is 13.0. The number of allylic oxidation sites excluding steroid dienone is 2. The van der Waals surface area contributed by atoms with Crippen LogP contribution >= 0.6 is 0 Å². The zero-order valence-electron chi connectivity index (χ0n) is 7.63. The lowest BCUT2D eigenvalue weighted by Crippen LogP contribution is -2.17. The summed E-state index contributed by atoms with van der Waals surface area (Å²) < 4.78 is 13.0. The lowest BCUT2D eigenvalue weighted by Gasteiger charge is -2.08. The maximum atomic E-state index is 13.0. The van der Waals surface area contributed by atoms with Crippen LogP contribution in [0.1, 0.15) is 25.7 Å². The summed E-state index contributed by atoms with van der Waals surface area (Å²) in [5.41, 5.74) is 0. The molecule has 2 nitrogen and oxygen atoms in total. The highest BCUT2D eigenvalue weighted by Crippen LogP contribution is 2.14. The van der Waals surface area contributed by atoms with Crippen molar-refractivity contribution in [2.24, 2.45) is 0 Å². The van der Waals surface area contributed by atoms with Crippen LogP contribution in [0.15, 0.2) is 24.7 Å². The van der Waals surface area contributed by atoms with Crippen molar-refractivity contribution in [3.63, 3.8) is 0 Å². The van der Waals surface area contributed by atoms with E-state index in [1.807, 2.05) is 0 Å². The fourth-order valence-electron chi connectivity index (χ4n) is 1.28. The van der Waals surface area contributed by atoms with Crippen LogP contribution in [0.4, 0.5) is 4.39 Å². The molecular weight excluding hydrogens is 169 g/mol. The van der Waals surface area contributed by atoms with Gasteiger partial charge in [-0.15, -0.1) is 6.58 Å². The highest BCUT2D eigenvalue weighted by Gasteiger charge is 2.18. The molecule has 0 bridgehead atoms. The molecular formula is C10H14FNO. The minimum absolute atomic E-state index is 0.0220. The highest BCUT2D eigenvalue weighted by molar-refractivity contribution is 5.79. The second kappa shape index (κ2) is 4.80. The lowest BCUT2D eigenvalue weighted by atomic mass is 10.3. The monoisotopic (exact) mass is 183 g/mol. The van der Waals surface area contributed by atoms with Gasteiger partial charge in [0, 0.05) is 25.6 Å². The first-order chi connectivity index (χ1) is 6.24. The number of nitrogens with zero attached hydrogens (tertiary/aromatic N) is 1. The van der Waals surface area contributed by atoms with E-state index < -0.39 is 0 Å². The minimum atomic E-state index is -0.241. The molecule has 0 aromatic rings. The van der Waals surface area contributed by atoms with Crippen LogP contribution in [0.3, 0.4) is 0 Å². The van der Waals surface area contributed by atoms with E-state index in [1.54, 1.807) is 6.08 Å². The normalized spacial score (nSPS) is 18.1. The van der Waals surface area contributed by atoms with Gasteiger partial charge in [-0.1, -0.05) is 6.08 Å². The SMILES string of the molecule is C=CCC/C(F)=C/N1CCCC1=O. The summed E-state index contributed by atoms with van der Waals surface area (Å²) in [6.45, 7) is 4.16. The highest BCUT2D eigenvalue weighted by atomic mass is 19.1. The van der Waals surface area contributed by atoms with Crippen LogP contribution in [-0.4, -0.2) is 17.4 Å². The van der Waals surface area contributed by atoms with E-state index in [2.05, 4.69) is 6.58 Å². The number of hydrogen-bond donors (Lipinski definition) is 0. The van der Waals surface area contributed by atoms with E-state index in [0.717, 1.165) is 6.42 Å². The molecule has 72 valence electrons. The maximum Gasteiger partial charge on any atom is 0.226 e. The molecule has 1 saturated heterocycles. The van der Waals surface area contributed by atoms with Crippen molar-refractivity contribution in [3.05, 3.63) is 24.7 Å². The van der Waals surface area contributed by atoms with Gasteiger partial charge in [0.1, 0.15) is 5.83 Å². The Morgan fingerprint density at radius 1 is 1.69 bits per heavy atom. The van der Waals surface area contributed by atoms with Crippen LogP contribution in [0.25, 0.3) is 0 Å². The third kappa shape index (κ3) is 3.01. The molecule has 1 aliphatic rings. The summed E-state index contributed by atoms with van der Waals surface area (Å²) >= 11 is 0. The predicted molar refractivity (Wildman–Crippen MR) is 49.6 cm³/mol. The molecule has 0 N–H and O–H groups in total. The summed E-state index contributed by atoms with van der Waals surface area (Å²) in [7, 11) is 0. The van der Waals surface area contributed by atoms with Gasteiger partial charge in [-0.2, -0.15) is 0 Å². The zero-order chi connectivity index (χ0) is 9.68. The largest absolute Gasteiger partial charge is 0.316 e. The van der Waals surface area contributed by atoms with Crippen molar-refractivity contribution >= 4 is 5.91 Å². The van der Waals surface area contributed by atoms with Crippen molar-refractivity contribution in [3.8, 4) is 0 Å². The van der Waals surface area contributed by atoms with Gasteiger partial charge in [-0.05, 0) is 12.8 Å². The van der Waals surface area contributed by atoms with Gasteiger partial charge >= 0.3 is 0 Å². The van der Waals surface area contributed by atoms with Crippen molar-refractivity contribution < 1.29 is 9.18 Å². The summed E-state index contributed by atoms with van der Waals surface area (Å²) in [6.07, 6.45) is 5.32. The number of carbonyl (C=O) groups is 1. The molecule has 1 heterocycles. The van der Waals surface area contributed by atoms with E-state index in [1.165, 1.54) is 11.1 Å². The van der Waals surface area contributed by atoms with Crippen molar-refractivity contribution in [2.45, 2.75) is 25.7 Å². The average molecular weight is 183 g/mol. The quantitative estimate of drug-likeness (QED) is 0.613. The van der Waals surface area contributed by atoms with E-state index in [9.17, 15) is 9.18 Å². The van der Waals surface area contributed by atoms with Gasteiger partial charge in [0.25, 0.3) is 0 Å². The summed E-state index contributed by atoms with van der Waals surface area (Å²) in [4.78, 5) is 12.5. The number of amides is 1. The third-order valence-corrected chi connectivity index (χ3v) is 1.99. The Labute approximate surface area is 77.7 Å². The summed E-state index contributed by atoms with van der Waals surface area (Å²) in [5.74, 6) is -0.219. The smallest absolute Gasteiger partial charge is 0.226 e. The van der Waals surface area contributed by atoms with Gasteiger partial charge < -0.3 is 4.90 Å². The minimum Gasteiger partial charge on any atom is -0.316 e.